The van der Waals surface area contributed by atoms with Gasteiger partial charge >= 0.3 is 6.03 Å². The van der Waals surface area contributed by atoms with Crippen molar-refractivity contribution in [1.29, 1.82) is 0 Å². The van der Waals surface area contributed by atoms with Gasteiger partial charge in [0.15, 0.2) is 0 Å². The first-order valence-corrected chi connectivity index (χ1v) is 4.72. The number of amides is 4. The number of urea groups is 1. The number of hydrogen-bond donors (Lipinski definition) is 4. The monoisotopic (exact) mass is 236 g/mol. The molecule has 6 N–H and O–H groups in total. The molecule has 0 bridgehead atoms. The first-order chi connectivity index (χ1) is 7.99. The van der Waals surface area contributed by atoms with Crippen molar-refractivity contribution in [3.8, 4) is 0 Å². The molecule has 0 spiro atoms. The second kappa shape index (κ2) is 5.50. The van der Waals surface area contributed by atoms with Crippen LogP contribution >= 0.6 is 0 Å². The summed E-state index contributed by atoms with van der Waals surface area (Å²) in [6, 6.07) is 5.41. The fourth-order valence-electron chi connectivity index (χ4n) is 1.15. The van der Waals surface area contributed by atoms with Crippen molar-refractivity contribution in [2.45, 2.75) is 0 Å². The number of primary amides is 2. The van der Waals surface area contributed by atoms with Gasteiger partial charge in [-0.2, -0.15) is 0 Å². The van der Waals surface area contributed by atoms with Gasteiger partial charge in [0.2, 0.25) is 11.8 Å². The summed E-state index contributed by atoms with van der Waals surface area (Å²) in [5.41, 5.74) is 10.7. The Labute approximate surface area is 97.2 Å². The number of carbonyl (C=O) groups excluding carboxylic acids is 3. The zero-order valence-electron chi connectivity index (χ0n) is 8.90. The van der Waals surface area contributed by atoms with Gasteiger partial charge in [-0.3, -0.25) is 14.9 Å². The van der Waals surface area contributed by atoms with E-state index in [0.29, 0.717) is 11.3 Å². The van der Waals surface area contributed by atoms with E-state index < -0.39 is 17.8 Å². The van der Waals surface area contributed by atoms with Gasteiger partial charge in [-0.1, -0.05) is 6.07 Å². The van der Waals surface area contributed by atoms with Crippen molar-refractivity contribution >= 4 is 23.5 Å². The minimum Gasteiger partial charge on any atom is -0.376 e. The van der Waals surface area contributed by atoms with Crippen LogP contribution in [0, 0.1) is 0 Å². The molecule has 0 unspecified atom stereocenters. The molecule has 0 saturated carbocycles. The topological polar surface area (TPSA) is 127 Å². The Hall–Kier alpha value is -2.57. The third-order valence-corrected chi connectivity index (χ3v) is 1.86. The van der Waals surface area contributed by atoms with Crippen LogP contribution < -0.4 is 22.1 Å². The van der Waals surface area contributed by atoms with Crippen LogP contribution in [0.25, 0.3) is 0 Å². The molecule has 0 aliphatic heterocycles. The lowest BCUT2D eigenvalue weighted by atomic mass is 10.2. The van der Waals surface area contributed by atoms with E-state index in [2.05, 4.69) is 5.32 Å². The van der Waals surface area contributed by atoms with Crippen molar-refractivity contribution in [3.63, 3.8) is 0 Å². The lowest BCUT2D eigenvalue weighted by Crippen LogP contribution is -2.38. The summed E-state index contributed by atoms with van der Waals surface area (Å²) < 4.78 is 0. The van der Waals surface area contributed by atoms with Crippen molar-refractivity contribution in [2.24, 2.45) is 11.5 Å². The van der Waals surface area contributed by atoms with Gasteiger partial charge in [-0.25, -0.2) is 4.79 Å². The molecule has 0 aliphatic carbocycles. The predicted octanol–water partition coefficient (Wildman–Crippen LogP) is -0.608. The highest BCUT2D eigenvalue weighted by Crippen LogP contribution is 2.09. The third-order valence-electron chi connectivity index (χ3n) is 1.86. The summed E-state index contributed by atoms with van der Waals surface area (Å²) in [5.74, 6) is -1.13. The summed E-state index contributed by atoms with van der Waals surface area (Å²) in [5, 5.41) is 4.61. The highest BCUT2D eigenvalue weighted by molar-refractivity contribution is 5.96. The molecule has 1 rings (SSSR count). The van der Waals surface area contributed by atoms with Crippen LogP contribution in [0.3, 0.4) is 0 Å². The third kappa shape index (κ3) is 4.20. The van der Waals surface area contributed by atoms with E-state index in [1.165, 1.54) is 6.07 Å². The molecule has 0 aliphatic rings. The van der Waals surface area contributed by atoms with Crippen molar-refractivity contribution < 1.29 is 14.4 Å². The number of benzene rings is 1. The SMILES string of the molecule is NC(=O)NC(=O)CNc1cccc(C(N)=O)c1. The molecule has 0 heterocycles. The van der Waals surface area contributed by atoms with Crippen LogP contribution in [-0.2, 0) is 4.79 Å². The summed E-state index contributed by atoms with van der Waals surface area (Å²) in [7, 11) is 0. The van der Waals surface area contributed by atoms with Gasteiger partial charge in [-0.05, 0) is 18.2 Å². The molecule has 0 atom stereocenters. The maximum absolute atomic E-state index is 11.1. The molecule has 0 fully saturated rings. The van der Waals surface area contributed by atoms with Gasteiger partial charge < -0.3 is 16.8 Å². The quantitative estimate of drug-likeness (QED) is 0.556. The van der Waals surface area contributed by atoms with Gasteiger partial charge in [0, 0.05) is 11.3 Å². The second-order valence-electron chi connectivity index (χ2n) is 3.21. The largest absolute Gasteiger partial charge is 0.376 e. The average molecular weight is 236 g/mol. The van der Waals surface area contributed by atoms with E-state index in [1.807, 2.05) is 5.32 Å². The highest BCUT2D eigenvalue weighted by Gasteiger charge is 2.05. The maximum Gasteiger partial charge on any atom is 0.318 e. The van der Waals surface area contributed by atoms with Gasteiger partial charge in [0.1, 0.15) is 0 Å². The summed E-state index contributed by atoms with van der Waals surface area (Å²) >= 11 is 0. The Morgan fingerprint density at radius 3 is 2.47 bits per heavy atom. The van der Waals surface area contributed by atoms with Crippen LogP contribution in [-0.4, -0.2) is 24.4 Å². The van der Waals surface area contributed by atoms with Crippen LogP contribution in [0.15, 0.2) is 24.3 Å². The standard InChI is InChI=1S/C10H12N4O3/c11-9(16)6-2-1-3-7(4-6)13-5-8(15)14-10(12)17/h1-4,13H,5H2,(H2,11,16)(H3,12,14,15,17). The van der Waals surface area contributed by atoms with E-state index in [1.54, 1.807) is 18.2 Å². The van der Waals surface area contributed by atoms with Crippen molar-refractivity contribution in [1.82, 2.24) is 5.32 Å². The second-order valence-corrected chi connectivity index (χ2v) is 3.21. The van der Waals surface area contributed by atoms with Crippen LogP contribution in [0.4, 0.5) is 10.5 Å². The van der Waals surface area contributed by atoms with E-state index in [9.17, 15) is 14.4 Å². The minimum absolute atomic E-state index is 0.134. The first-order valence-electron chi connectivity index (χ1n) is 4.72. The Kier molecular flexibility index (Phi) is 4.04. The Balaban J connectivity index is 2.57. The smallest absolute Gasteiger partial charge is 0.318 e. The zero-order chi connectivity index (χ0) is 12.8. The molecule has 17 heavy (non-hydrogen) atoms. The molecule has 1 aromatic carbocycles. The molecule has 7 heteroatoms. The lowest BCUT2D eigenvalue weighted by molar-refractivity contribution is -0.118. The molecule has 4 amide bonds. The highest BCUT2D eigenvalue weighted by atomic mass is 16.2. The van der Waals surface area contributed by atoms with Crippen LogP contribution in [0.5, 0.6) is 0 Å². The molecule has 0 radical (unpaired) electrons. The molecule has 7 nitrogen and oxygen atoms in total. The number of carbonyl (C=O) groups is 3. The van der Waals surface area contributed by atoms with Gasteiger partial charge in [0.25, 0.3) is 0 Å². The summed E-state index contributed by atoms with van der Waals surface area (Å²) in [6.07, 6.45) is 0. The van der Waals surface area contributed by atoms with E-state index >= 15 is 0 Å². The van der Waals surface area contributed by atoms with Crippen molar-refractivity contribution in [2.75, 3.05) is 11.9 Å². The number of nitrogens with one attached hydrogen (secondary N) is 2. The van der Waals surface area contributed by atoms with E-state index in [4.69, 9.17) is 11.5 Å². The number of hydrogen-bond acceptors (Lipinski definition) is 4. The molecular formula is C10H12N4O3. The first kappa shape index (κ1) is 12.5. The summed E-state index contributed by atoms with van der Waals surface area (Å²) in [4.78, 5) is 32.3. The van der Waals surface area contributed by atoms with Gasteiger partial charge in [-0.15, -0.1) is 0 Å². The van der Waals surface area contributed by atoms with Crippen LogP contribution in [0.1, 0.15) is 10.4 Å². The number of imide groups is 1. The number of nitrogens with two attached hydrogens (primary N) is 2. The Morgan fingerprint density at radius 2 is 1.88 bits per heavy atom. The summed E-state index contributed by atoms with van der Waals surface area (Å²) in [6.45, 7) is -0.134. The predicted molar refractivity (Wildman–Crippen MR) is 61.2 cm³/mol. The molecule has 0 aromatic heterocycles. The molecule has 1 aromatic rings. The fraction of sp³-hybridized carbons (Fsp3) is 0.100. The van der Waals surface area contributed by atoms with Gasteiger partial charge in [0.05, 0.1) is 6.54 Å². The average Bonchev–Trinajstić information content (AvgIpc) is 2.26. The van der Waals surface area contributed by atoms with E-state index in [0.717, 1.165) is 0 Å². The van der Waals surface area contributed by atoms with Crippen LogP contribution in [0.2, 0.25) is 0 Å². The number of anilines is 1. The zero-order valence-corrected chi connectivity index (χ0v) is 8.90. The minimum atomic E-state index is -0.914. The molecule has 0 saturated heterocycles. The maximum atomic E-state index is 11.1. The van der Waals surface area contributed by atoms with E-state index in [-0.39, 0.29) is 6.54 Å². The Morgan fingerprint density at radius 1 is 1.18 bits per heavy atom. The number of rotatable bonds is 4. The van der Waals surface area contributed by atoms with Crippen molar-refractivity contribution in [3.05, 3.63) is 29.8 Å². The normalized spacial score (nSPS) is 9.41. The Bertz CT molecular complexity index is 459. The lowest BCUT2D eigenvalue weighted by Gasteiger charge is -2.06. The fourth-order valence-corrected chi connectivity index (χ4v) is 1.15. The molecule has 90 valence electrons. The molecular weight excluding hydrogens is 224 g/mol.